The molecule has 1 heterocycles. The molecule has 1 aromatic heterocycles. The lowest BCUT2D eigenvalue weighted by atomic mass is 10.1. The normalized spacial score (nSPS) is 14.3. The number of nitrogens with zero attached hydrogens (tertiary/aromatic N) is 2. The third kappa shape index (κ3) is 5.51. The number of thioether (sulfide) groups is 1. The molecule has 21 heavy (non-hydrogen) atoms. The summed E-state index contributed by atoms with van der Waals surface area (Å²) in [6, 6.07) is 0.479. The van der Waals surface area contributed by atoms with E-state index in [2.05, 4.69) is 43.2 Å². The van der Waals surface area contributed by atoms with E-state index in [-0.39, 0.29) is 5.69 Å². The highest BCUT2D eigenvalue weighted by Crippen LogP contribution is 2.27. The lowest BCUT2D eigenvalue weighted by Gasteiger charge is -2.26. The van der Waals surface area contributed by atoms with Crippen LogP contribution in [0.3, 0.4) is 0 Å². The molecule has 0 aliphatic carbocycles. The Morgan fingerprint density at radius 3 is 2.57 bits per heavy atom. The predicted octanol–water partition coefficient (Wildman–Crippen LogP) is 3.02. The fraction of sp³-hybridized carbons (Fsp3) is 0.867. The monoisotopic (exact) mass is 314 g/mol. The second-order valence-electron chi connectivity index (χ2n) is 5.38. The van der Waals surface area contributed by atoms with E-state index < -0.39 is 0 Å². The fourth-order valence-electron chi connectivity index (χ4n) is 2.46. The van der Waals surface area contributed by atoms with Crippen molar-refractivity contribution in [2.75, 3.05) is 6.54 Å². The molecule has 0 aliphatic rings. The molecule has 2 unspecified atom stereocenters. The minimum absolute atomic E-state index is 0.0947. The van der Waals surface area contributed by atoms with Gasteiger partial charge in [0.2, 0.25) is 0 Å². The molecular weight excluding hydrogens is 284 g/mol. The van der Waals surface area contributed by atoms with Gasteiger partial charge in [0.15, 0.2) is 5.16 Å². The first-order valence-electron chi connectivity index (χ1n) is 8.23. The van der Waals surface area contributed by atoms with Gasteiger partial charge in [0.05, 0.1) is 0 Å². The quantitative estimate of drug-likeness (QED) is 0.616. The Kier molecular flexibility index (Phi) is 8.76. The zero-order valence-corrected chi connectivity index (χ0v) is 14.6. The minimum atomic E-state index is -0.0947. The number of nitrogens with one attached hydrogen (secondary N) is 2. The predicted molar refractivity (Wildman–Crippen MR) is 90.1 cm³/mol. The largest absolute Gasteiger partial charge is 0.343 e. The molecule has 2 N–H and O–H groups in total. The van der Waals surface area contributed by atoms with E-state index in [1.54, 1.807) is 16.3 Å². The molecule has 0 saturated carbocycles. The zero-order chi connectivity index (χ0) is 15.7. The maximum absolute atomic E-state index is 11.8. The Morgan fingerprint density at radius 1 is 1.24 bits per heavy atom. The van der Waals surface area contributed by atoms with E-state index in [1.807, 2.05) is 0 Å². The van der Waals surface area contributed by atoms with Gasteiger partial charge in [-0.1, -0.05) is 45.9 Å². The van der Waals surface area contributed by atoms with Crippen LogP contribution in [0.15, 0.2) is 9.95 Å². The Labute approximate surface area is 132 Å². The molecule has 0 amide bonds. The molecule has 6 heteroatoms. The molecule has 122 valence electrons. The standard InChI is InChI=1S/C15H30N4OS/c1-5-9-12(16-10-6-2)13(8-4)21-15-18-17-14(20)19(15)11-7-3/h12-13,16H,5-11H2,1-4H3,(H,17,20). The summed E-state index contributed by atoms with van der Waals surface area (Å²) >= 11 is 1.73. The summed E-state index contributed by atoms with van der Waals surface area (Å²) in [6.45, 7) is 10.5. The molecule has 0 fully saturated rings. The van der Waals surface area contributed by atoms with Gasteiger partial charge in [0, 0.05) is 17.8 Å². The van der Waals surface area contributed by atoms with Crippen LogP contribution < -0.4 is 11.0 Å². The topological polar surface area (TPSA) is 62.7 Å². The number of hydrogen-bond donors (Lipinski definition) is 2. The lowest BCUT2D eigenvalue weighted by molar-refractivity contribution is 0.453. The molecule has 0 radical (unpaired) electrons. The smallest absolute Gasteiger partial charge is 0.313 e. The lowest BCUT2D eigenvalue weighted by Crippen LogP contribution is -2.38. The van der Waals surface area contributed by atoms with E-state index in [9.17, 15) is 4.79 Å². The third-order valence-electron chi connectivity index (χ3n) is 3.53. The average molecular weight is 314 g/mol. The van der Waals surface area contributed by atoms with Gasteiger partial charge < -0.3 is 5.32 Å². The highest BCUT2D eigenvalue weighted by molar-refractivity contribution is 7.99. The van der Waals surface area contributed by atoms with Crippen molar-refractivity contribution in [3.05, 3.63) is 10.5 Å². The van der Waals surface area contributed by atoms with Crippen LogP contribution in [0.1, 0.15) is 59.8 Å². The van der Waals surface area contributed by atoms with Gasteiger partial charge >= 0.3 is 5.69 Å². The van der Waals surface area contributed by atoms with E-state index >= 15 is 0 Å². The summed E-state index contributed by atoms with van der Waals surface area (Å²) < 4.78 is 1.76. The van der Waals surface area contributed by atoms with Crippen molar-refractivity contribution in [1.82, 2.24) is 20.1 Å². The number of rotatable bonds is 11. The summed E-state index contributed by atoms with van der Waals surface area (Å²) in [5.74, 6) is 0. The zero-order valence-electron chi connectivity index (χ0n) is 13.8. The number of aromatic nitrogens is 3. The minimum Gasteiger partial charge on any atom is -0.313 e. The molecule has 2 atom stereocenters. The molecule has 0 aliphatic heterocycles. The van der Waals surface area contributed by atoms with E-state index in [0.717, 1.165) is 43.9 Å². The molecule has 0 bridgehead atoms. The van der Waals surface area contributed by atoms with Crippen molar-refractivity contribution in [3.8, 4) is 0 Å². The van der Waals surface area contributed by atoms with E-state index in [0.29, 0.717) is 11.3 Å². The molecule has 1 rings (SSSR count). The molecule has 0 spiro atoms. The van der Waals surface area contributed by atoms with Crippen LogP contribution in [0.25, 0.3) is 0 Å². The van der Waals surface area contributed by atoms with Crippen molar-refractivity contribution in [2.45, 2.75) is 82.8 Å². The third-order valence-corrected chi connectivity index (χ3v) is 5.02. The number of aromatic amines is 1. The van der Waals surface area contributed by atoms with Crippen molar-refractivity contribution in [1.29, 1.82) is 0 Å². The second-order valence-corrected chi connectivity index (χ2v) is 6.58. The van der Waals surface area contributed by atoms with Gasteiger partial charge in [-0.15, -0.1) is 5.10 Å². The highest BCUT2D eigenvalue weighted by atomic mass is 32.2. The first-order valence-corrected chi connectivity index (χ1v) is 9.10. The van der Waals surface area contributed by atoms with Crippen LogP contribution >= 0.6 is 11.8 Å². The van der Waals surface area contributed by atoms with Crippen LogP contribution in [-0.2, 0) is 6.54 Å². The van der Waals surface area contributed by atoms with Crippen molar-refractivity contribution in [3.63, 3.8) is 0 Å². The molecule has 1 aromatic rings. The first kappa shape index (κ1) is 18.3. The van der Waals surface area contributed by atoms with Crippen molar-refractivity contribution >= 4 is 11.8 Å². The summed E-state index contributed by atoms with van der Waals surface area (Å²) in [7, 11) is 0. The molecule has 0 saturated heterocycles. The van der Waals surface area contributed by atoms with Gasteiger partial charge in [-0.2, -0.15) is 0 Å². The van der Waals surface area contributed by atoms with Crippen molar-refractivity contribution < 1.29 is 0 Å². The maximum Gasteiger partial charge on any atom is 0.343 e. The van der Waals surface area contributed by atoms with Crippen LogP contribution in [0.5, 0.6) is 0 Å². The Bertz CT molecular complexity index is 443. The van der Waals surface area contributed by atoms with Gasteiger partial charge in [0.25, 0.3) is 0 Å². The van der Waals surface area contributed by atoms with Crippen LogP contribution in [0.4, 0.5) is 0 Å². The first-order chi connectivity index (χ1) is 10.2. The van der Waals surface area contributed by atoms with Gasteiger partial charge in [0.1, 0.15) is 0 Å². The van der Waals surface area contributed by atoms with Crippen LogP contribution in [0, 0.1) is 0 Å². The van der Waals surface area contributed by atoms with Gasteiger partial charge in [-0.25, -0.2) is 9.89 Å². The summed E-state index contributed by atoms with van der Waals surface area (Å²) in [6.07, 6.45) is 5.48. The van der Waals surface area contributed by atoms with E-state index in [4.69, 9.17) is 0 Å². The van der Waals surface area contributed by atoms with Gasteiger partial charge in [-0.3, -0.25) is 4.57 Å². The number of hydrogen-bond acceptors (Lipinski definition) is 4. The Morgan fingerprint density at radius 2 is 2.00 bits per heavy atom. The average Bonchev–Trinajstić information content (AvgIpc) is 2.82. The Hall–Kier alpha value is -0.750. The molecule has 5 nitrogen and oxygen atoms in total. The van der Waals surface area contributed by atoms with Crippen molar-refractivity contribution in [2.24, 2.45) is 0 Å². The van der Waals surface area contributed by atoms with Crippen LogP contribution in [0.2, 0.25) is 0 Å². The maximum atomic E-state index is 11.8. The molecular formula is C15H30N4OS. The highest BCUT2D eigenvalue weighted by Gasteiger charge is 2.22. The molecule has 0 aromatic carbocycles. The fourth-order valence-corrected chi connectivity index (χ4v) is 3.69. The summed E-state index contributed by atoms with van der Waals surface area (Å²) in [4.78, 5) is 11.8. The summed E-state index contributed by atoms with van der Waals surface area (Å²) in [5.41, 5.74) is -0.0947. The SMILES string of the molecule is CCCNC(CCC)C(CC)Sc1n[nH]c(=O)n1CCC. The van der Waals surface area contributed by atoms with Gasteiger partial charge in [-0.05, 0) is 32.2 Å². The van der Waals surface area contributed by atoms with E-state index in [1.165, 1.54) is 6.42 Å². The number of H-pyrrole nitrogens is 1. The second kappa shape index (κ2) is 10.1. The Balaban J connectivity index is 2.81. The van der Waals surface area contributed by atoms with Crippen LogP contribution in [-0.4, -0.2) is 32.6 Å². The summed E-state index contributed by atoms with van der Waals surface area (Å²) in [5, 5.41) is 11.7.